The number of hydrogen-bond donors (Lipinski definition) is 1. The summed E-state index contributed by atoms with van der Waals surface area (Å²) in [4.78, 5) is 12.3. The number of rotatable bonds is 7. The van der Waals surface area contributed by atoms with E-state index in [4.69, 9.17) is 14.0 Å². The number of benzene rings is 2. The monoisotopic (exact) mass is 366 g/mol. The average Bonchev–Trinajstić information content (AvgIpc) is 3.16. The Kier molecular flexibility index (Phi) is 5.76. The molecule has 6 nitrogen and oxygen atoms in total. The molecule has 1 atom stereocenters. The van der Waals surface area contributed by atoms with Crippen LogP contribution in [-0.4, -0.2) is 25.3 Å². The Morgan fingerprint density at radius 3 is 2.52 bits per heavy atom. The van der Waals surface area contributed by atoms with Gasteiger partial charge in [0.15, 0.2) is 17.3 Å². The van der Waals surface area contributed by atoms with E-state index in [0.29, 0.717) is 23.0 Å². The van der Waals surface area contributed by atoms with Gasteiger partial charge in [0.25, 0.3) is 0 Å². The van der Waals surface area contributed by atoms with Gasteiger partial charge in [-0.05, 0) is 30.7 Å². The molecule has 0 unspecified atom stereocenters. The summed E-state index contributed by atoms with van der Waals surface area (Å²) in [5.74, 6) is 1.69. The summed E-state index contributed by atoms with van der Waals surface area (Å²) in [6.45, 7) is 1.95. The molecule has 0 radical (unpaired) electrons. The third kappa shape index (κ3) is 4.47. The van der Waals surface area contributed by atoms with Crippen LogP contribution in [0.3, 0.4) is 0 Å². The second-order valence-electron chi connectivity index (χ2n) is 6.13. The number of carbonyl (C=O) groups excluding carboxylic acids is 1. The van der Waals surface area contributed by atoms with E-state index >= 15 is 0 Å². The van der Waals surface area contributed by atoms with Gasteiger partial charge in [-0.1, -0.05) is 35.5 Å². The van der Waals surface area contributed by atoms with Crippen molar-refractivity contribution in [3.8, 4) is 22.8 Å². The number of aromatic nitrogens is 1. The van der Waals surface area contributed by atoms with Crippen LogP contribution >= 0.6 is 0 Å². The number of amides is 1. The van der Waals surface area contributed by atoms with E-state index in [2.05, 4.69) is 10.5 Å². The van der Waals surface area contributed by atoms with Gasteiger partial charge in [0, 0.05) is 11.6 Å². The molecule has 3 aromatic rings. The van der Waals surface area contributed by atoms with Crippen LogP contribution < -0.4 is 14.8 Å². The Morgan fingerprint density at radius 1 is 1.07 bits per heavy atom. The summed E-state index contributed by atoms with van der Waals surface area (Å²) in [6.07, 6.45) is 0.147. The molecule has 0 aliphatic carbocycles. The second kappa shape index (κ2) is 8.40. The fraction of sp³-hybridized carbons (Fsp3) is 0.238. The Balaban J connectivity index is 1.66. The van der Waals surface area contributed by atoms with Gasteiger partial charge in [-0.25, -0.2) is 0 Å². The summed E-state index contributed by atoms with van der Waals surface area (Å²) in [6, 6.07) is 16.9. The fourth-order valence-electron chi connectivity index (χ4n) is 2.80. The lowest BCUT2D eigenvalue weighted by Gasteiger charge is -2.13. The number of hydrogen-bond acceptors (Lipinski definition) is 5. The number of nitrogens with zero attached hydrogens (tertiary/aromatic N) is 1. The molecule has 6 heteroatoms. The first-order valence-electron chi connectivity index (χ1n) is 8.63. The quantitative estimate of drug-likeness (QED) is 0.689. The smallest absolute Gasteiger partial charge is 0.226 e. The summed E-state index contributed by atoms with van der Waals surface area (Å²) in [5, 5.41) is 6.97. The van der Waals surface area contributed by atoms with E-state index < -0.39 is 0 Å². The maximum atomic E-state index is 12.3. The molecule has 0 aliphatic heterocycles. The van der Waals surface area contributed by atoms with E-state index in [1.165, 1.54) is 0 Å². The minimum Gasteiger partial charge on any atom is -0.493 e. The van der Waals surface area contributed by atoms with Crippen LogP contribution in [-0.2, 0) is 11.2 Å². The SMILES string of the molecule is COc1ccc(-c2cc(CC(=O)N[C@H](C)c3ccccc3)no2)cc1OC. The Hall–Kier alpha value is -3.28. The van der Waals surface area contributed by atoms with Gasteiger partial charge in [-0.15, -0.1) is 0 Å². The Bertz CT molecular complexity index is 906. The van der Waals surface area contributed by atoms with Crippen molar-refractivity contribution in [2.75, 3.05) is 14.2 Å². The first-order chi connectivity index (χ1) is 13.1. The normalized spacial score (nSPS) is 11.7. The summed E-state index contributed by atoms with van der Waals surface area (Å²) < 4.78 is 15.9. The topological polar surface area (TPSA) is 73.6 Å². The Labute approximate surface area is 158 Å². The lowest BCUT2D eigenvalue weighted by Crippen LogP contribution is -2.28. The largest absolute Gasteiger partial charge is 0.493 e. The van der Waals surface area contributed by atoms with Crippen LogP contribution in [0.1, 0.15) is 24.2 Å². The number of nitrogens with one attached hydrogen (secondary N) is 1. The zero-order valence-corrected chi connectivity index (χ0v) is 15.6. The van der Waals surface area contributed by atoms with Gasteiger partial charge < -0.3 is 19.3 Å². The molecule has 3 rings (SSSR count). The molecular weight excluding hydrogens is 344 g/mol. The molecule has 1 amide bonds. The number of carbonyl (C=O) groups is 1. The summed E-state index contributed by atoms with van der Waals surface area (Å²) in [7, 11) is 3.16. The Morgan fingerprint density at radius 2 is 1.81 bits per heavy atom. The highest BCUT2D eigenvalue weighted by Crippen LogP contribution is 2.32. The lowest BCUT2D eigenvalue weighted by atomic mass is 10.1. The maximum Gasteiger partial charge on any atom is 0.226 e. The standard InChI is InChI=1S/C21H22N2O4/c1-14(15-7-5-4-6-8-15)22-21(24)13-17-12-19(27-23-17)16-9-10-18(25-2)20(11-16)26-3/h4-12,14H,13H2,1-3H3,(H,22,24)/t14-/m1/s1. The van der Waals surface area contributed by atoms with Crippen molar-refractivity contribution >= 4 is 5.91 Å². The molecule has 0 spiro atoms. The third-order valence-corrected chi connectivity index (χ3v) is 4.25. The van der Waals surface area contributed by atoms with Crippen LogP contribution in [0.5, 0.6) is 11.5 Å². The van der Waals surface area contributed by atoms with Gasteiger partial charge >= 0.3 is 0 Å². The molecule has 0 saturated heterocycles. The van der Waals surface area contributed by atoms with Crippen LogP contribution in [0.4, 0.5) is 0 Å². The van der Waals surface area contributed by atoms with Crippen molar-refractivity contribution in [1.29, 1.82) is 0 Å². The minimum atomic E-state index is -0.112. The predicted molar refractivity (Wildman–Crippen MR) is 102 cm³/mol. The third-order valence-electron chi connectivity index (χ3n) is 4.25. The molecule has 1 N–H and O–H groups in total. The van der Waals surface area contributed by atoms with Crippen LogP contribution in [0.25, 0.3) is 11.3 Å². The van der Waals surface area contributed by atoms with Crippen molar-refractivity contribution in [2.24, 2.45) is 0 Å². The highest BCUT2D eigenvalue weighted by atomic mass is 16.5. The first kappa shape index (κ1) is 18.5. The number of methoxy groups -OCH3 is 2. The lowest BCUT2D eigenvalue weighted by molar-refractivity contribution is -0.121. The predicted octanol–water partition coefficient (Wildman–Crippen LogP) is 3.78. The van der Waals surface area contributed by atoms with Gasteiger partial charge in [-0.3, -0.25) is 4.79 Å². The van der Waals surface area contributed by atoms with Crippen molar-refractivity contribution in [1.82, 2.24) is 10.5 Å². The highest BCUT2D eigenvalue weighted by molar-refractivity contribution is 5.79. The van der Waals surface area contributed by atoms with Crippen LogP contribution in [0.2, 0.25) is 0 Å². The van der Waals surface area contributed by atoms with Gasteiger partial charge in [0.2, 0.25) is 5.91 Å². The van der Waals surface area contributed by atoms with E-state index in [9.17, 15) is 4.79 Å². The van der Waals surface area contributed by atoms with E-state index in [-0.39, 0.29) is 18.4 Å². The van der Waals surface area contributed by atoms with Crippen molar-refractivity contribution in [3.63, 3.8) is 0 Å². The zero-order valence-electron chi connectivity index (χ0n) is 15.6. The van der Waals surface area contributed by atoms with E-state index in [0.717, 1.165) is 11.1 Å². The van der Waals surface area contributed by atoms with Gasteiger partial charge in [-0.2, -0.15) is 0 Å². The van der Waals surface area contributed by atoms with Crippen LogP contribution in [0.15, 0.2) is 59.1 Å². The first-order valence-corrected chi connectivity index (χ1v) is 8.63. The molecule has 0 saturated carbocycles. The van der Waals surface area contributed by atoms with Gasteiger partial charge in [0.1, 0.15) is 0 Å². The molecule has 1 heterocycles. The molecule has 140 valence electrons. The van der Waals surface area contributed by atoms with E-state index in [1.54, 1.807) is 32.4 Å². The highest BCUT2D eigenvalue weighted by Gasteiger charge is 2.15. The van der Waals surface area contributed by atoms with Crippen molar-refractivity contribution in [2.45, 2.75) is 19.4 Å². The summed E-state index contributed by atoms with van der Waals surface area (Å²) in [5.41, 5.74) is 2.42. The molecule has 0 fully saturated rings. The van der Waals surface area contributed by atoms with Crippen LogP contribution in [0, 0.1) is 0 Å². The second-order valence-corrected chi connectivity index (χ2v) is 6.13. The van der Waals surface area contributed by atoms with Gasteiger partial charge in [0.05, 0.1) is 32.4 Å². The zero-order chi connectivity index (χ0) is 19.2. The molecule has 2 aromatic carbocycles. The minimum absolute atomic E-state index is 0.0732. The maximum absolute atomic E-state index is 12.3. The molecule has 0 aliphatic rings. The van der Waals surface area contributed by atoms with Crippen molar-refractivity contribution in [3.05, 3.63) is 65.9 Å². The summed E-state index contributed by atoms with van der Waals surface area (Å²) >= 11 is 0. The van der Waals surface area contributed by atoms with Crippen molar-refractivity contribution < 1.29 is 18.8 Å². The fourth-order valence-corrected chi connectivity index (χ4v) is 2.80. The average molecular weight is 366 g/mol. The van der Waals surface area contributed by atoms with E-state index in [1.807, 2.05) is 43.3 Å². The molecule has 27 heavy (non-hydrogen) atoms. The molecule has 0 bridgehead atoms. The molecule has 1 aromatic heterocycles. The number of ether oxygens (including phenoxy) is 2. The molecular formula is C21H22N2O4.